The van der Waals surface area contributed by atoms with E-state index in [1.807, 2.05) is 0 Å². The Balaban J connectivity index is 0. The van der Waals surface area contributed by atoms with Crippen LogP contribution in [0, 0.1) is 0 Å². The summed E-state index contributed by atoms with van der Waals surface area (Å²) in [6.45, 7) is 2.27. The van der Waals surface area contributed by atoms with Crippen LogP contribution in [0.25, 0.3) is 0 Å². The van der Waals surface area contributed by atoms with Crippen LogP contribution >= 0.6 is 15.9 Å². The maximum Gasteiger partial charge on any atom is 0.316 e. The highest BCUT2D eigenvalue weighted by Gasteiger charge is 1.89. The van der Waals surface area contributed by atoms with Crippen molar-refractivity contribution in [2.45, 2.75) is 58.3 Å². The molecule has 0 saturated carbocycles. The second-order valence-corrected chi connectivity index (χ2v) is 3.96. The molecule has 0 aliphatic heterocycles. The molecule has 0 nitrogen and oxygen atoms in total. The highest BCUT2D eigenvalue weighted by atomic mass is 79.9. The Morgan fingerprint density at radius 2 is 1.17 bits per heavy atom. The van der Waals surface area contributed by atoms with Gasteiger partial charge >= 0.3 is 23.1 Å². The zero-order valence-electron chi connectivity index (χ0n) is 7.74. The average molecular weight is 248 g/mol. The monoisotopic (exact) mass is 246 g/mol. The third-order valence-electron chi connectivity index (χ3n) is 1.99. The summed E-state index contributed by atoms with van der Waals surface area (Å²) < 4.78 is 0. The minimum absolute atomic E-state index is 0. The van der Waals surface area contributed by atoms with Crippen LogP contribution in [-0.2, 0) is 0 Å². The van der Waals surface area contributed by atoms with Crippen LogP contribution in [0.15, 0.2) is 0 Å². The Labute approximate surface area is 102 Å². The minimum atomic E-state index is 0. The van der Waals surface area contributed by atoms with Crippen LogP contribution in [0.1, 0.15) is 58.3 Å². The Hall–Kier alpha value is 1.25. The summed E-state index contributed by atoms with van der Waals surface area (Å²) in [5.74, 6) is 0. The first-order valence-corrected chi connectivity index (χ1v) is 6.10. The first kappa shape index (κ1) is 15.7. The normalized spacial score (nSPS) is 9.50. The third-order valence-corrected chi connectivity index (χ3v) is 2.55. The van der Waals surface area contributed by atoms with Crippen molar-refractivity contribution in [3.63, 3.8) is 0 Å². The van der Waals surface area contributed by atoms with Gasteiger partial charge in [-0.3, -0.25) is 0 Å². The lowest BCUT2D eigenvalue weighted by atomic mass is 10.1. The SMILES string of the molecule is CCCCCCCCCCBr.[MgH2]. The molecule has 0 amide bonds. The Morgan fingerprint density at radius 1 is 0.750 bits per heavy atom. The number of hydrogen-bond donors (Lipinski definition) is 0. The number of hydrogen-bond acceptors (Lipinski definition) is 0. The first-order chi connectivity index (χ1) is 5.41. The molecule has 0 bridgehead atoms. The molecule has 0 fully saturated rings. The summed E-state index contributed by atoms with van der Waals surface area (Å²) >= 11 is 3.44. The van der Waals surface area contributed by atoms with Crippen LogP contribution in [0.5, 0.6) is 0 Å². The number of rotatable bonds is 8. The standard InChI is InChI=1S/C10H21Br.Mg.2H/c1-2-3-4-5-6-7-8-9-10-11;;;/h2-10H2,1H3;;;. The maximum atomic E-state index is 3.44. The fourth-order valence-corrected chi connectivity index (χ4v) is 1.62. The summed E-state index contributed by atoms with van der Waals surface area (Å²) in [6.07, 6.45) is 11.4. The molecule has 0 rings (SSSR count). The molecule has 0 heterocycles. The van der Waals surface area contributed by atoms with Crippen molar-refractivity contribution in [1.82, 2.24) is 0 Å². The third kappa shape index (κ3) is 13.8. The van der Waals surface area contributed by atoms with E-state index in [-0.39, 0.29) is 23.1 Å². The van der Waals surface area contributed by atoms with Crippen LogP contribution < -0.4 is 0 Å². The van der Waals surface area contributed by atoms with E-state index in [2.05, 4.69) is 22.9 Å². The van der Waals surface area contributed by atoms with Crippen LogP contribution in [0.3, 0.4) is 0 Å². The molecule has 0 aromatic rings. The van der Waals surface area contributed by atoms with E-state index in [1.54, 1.807) is 0 Å². The van der Waals surface area contributed by atoms with Gasteiger partial charge in [0.15, 0.2) is 0 Å². The molecule has 2 heteroatoms. The van der Waals surface area contributed by atoms with E-state index in [9.17, 15) is 0 Å². The molecule has 0 N–H and O–H groups in total. The molecule has 0 aromatic carbocycles. The Kier molecular flexibility index (Phi) is 19.3. The van der Waals surface area contributed by atoms with Crippen molar-refractivity contribution in [3.8, 4) is 0 Å². The number of unbranched alkanes of at least 4 members (excludes halogenated alkanes) is 7. The second kappa shape index (κ2) is 14.8. The van der Waals surface area contributed by atoms with Gasteiger partial charge in [0.1, 0.15) is 0 Å². The lowest BCUT2D eigenvalue weighted by Gasteiger charge is -1.98. The molecular formula is C10H23BrMg. The molecule has 72 valence electrons. The molecule has 0 unspecified atom stereocenters. The smallest absolute Gasteiger partial charge is 0.0928 e. The predicted octanol–water partition coefficient (Wildman–Crippen LogP) is 3.61. The van der Waals surface area contributed by atoms with Gasteiger partial charge in [0.2, 0.25) is 0 Å². The highest BCUT2D eigenvalue weighted by Crippen LogP contribution is 2.08. The Bertz CT molecular complexity index is 58.9. The van der Waals surface area contributed by atoms with E-state index in [4.69, 9.17) is 0 Å². The molecule has 0 aliphatic rings. The fraction of sp³-hybridized carbons (Fsp3) is 1.00. The van der Waals surface area contributed by atoms with Gasteiger partial charge in [-0.05, 0) is 6.42 Å². The zero-order chi connectivity index (χ0) is 8.36. The van der Waals surface area contributed by atoms with Crippen molar-refractivity contribution in [2.75, 3.05) is 5.33 Å². The van der Waals surface area contributed by atoms with Crippen LogP contribution in [-0.4, -0.2) is 28.4 Å². The van der Waals surface area contributed by atoms with Crippen molar-refractivity contribution >= 4 is 39.0 Å². The van der Waals surface area contributed by atoms with Gasteiger partial charge in [0, 0.05) is 5.33 Å². The topological polar surface area (TPSA) is 0 Å². The van der Waals surface area contributed by atoms with Crippen molar-refractivity contribution in [1.29, 1.82) is 0 Å². The van der Waals surface area contributed by atoms with Crippen molar-refractivity contribution < 1.29 is 0 Å². The van der Waals surface area contributed by atoms with Gasteiger partial charge in [0.05, 0.1) is 0 Å². The van der Waals surface area contributed by atoms with Gasteiger partial charge < -0.3 is 0 Å². The molecule has 0 atom stereocenters. The molecular weight excluding hydrogens is 224 g/mol. The predicted molar refractivity (Wildman–Crippen MR) is 64.9 cm³/mol. The minimum Gasteiger partial charge on any atom is -0.0928 e. The van der Waals surface area contributed by atoms with E-state index in [1.165, 1.54) is 56.7 Å². The summed E-state index contributed by atoms with van der Waals surface area (Å²) in [4.78, 5) is 0. The van der Waals surface area contributed by atoms with Crippen molar-refractivity contribution in [2.24, 2.45) is 0 Å². The van der Waals surface area contributed by atoms with Gasteiger partial charge in [-0.2, -0.15) is 0 Å². The molecule has 0 radical (unpaired) electrons. The van der Waals surface area contributed by atoms with E-state index in [0.717, 1.165) is 0 Å². The quantitative estimate of drug-likeness (QED) is 0.349. The highest BCUT2D eigenvalue weighted by molar-refractivity contribution is 9.09. The van der Waals surface area contributed by atoms with E-state index < -0.39 is 0 Å². The number of alkyl halides is 1. The lowest BCUT2D eigenvalue weighted by molar-refractivity contribution is 0.587. The van der Waals surface area contributed by atoms with Crippen LogP contribution in [0.4, 0.5) is 0 Å². The van der Waals surface area contributed by atoms with Crippen molar-refractivity contribution in [3.05, 3.63) is 0 Å². The first-order valence-electron chi connectivity index (χ1n) is 4.97. The van der Waals surface area contributed by atoms with E-state index >= 15 is 0 Å². The van der Waals surface area contributed by atoms with Crippen LogP contribution in [0.2, 0.25) is 0 Å². The van der Waals surface area contributed by atoms with Gasteiger partial charge in [-0.15, -0.1) is 0 Å². The largest absolute Gasteiger partial charge is 0.316 e. The summed E-state index contributed by atoms with van der Waals surface area (Å²) in [6, 6.07) is 0. The molecule has 0 aromatic heterocycles. The molecule has 12 heavy (non-hydrogen) atoms. The molecule has 0 spiro atoms. The fourth-order valence-electron chi connectivity index (χ4n) is 1.23. The summed E-state index contributed by atoms with van der Waals surface area (Å²) in [7, 11) is 0. The Morgan fingerprint density at radius 3 is 1.58 bits per heavy atom. The van der Waals surface area contributed by atoms with Gasteiger partial charge in [-0.1, -0.05) is 67.8 Å². The van der Waals surface area contributed by atoms with E-state index in [0.29, 0.717) is 0 Å². The lowest BCUT2D eigenvalue weighted by Crippen LogP contribution is -1.80. The van der Waals surface area contributed by atoms with Gasteiger partial charge in [-0.25, -0.2) is 0 Å². The second-order valence-electron chi connectivity index (χ2n) is 3.16. The maximum absolute atomic E-state index is 3.44. The zero-order valence-corrected chi connectivity index (χ0v) is 9.33. The summed E-state index contributed by atoms with van der Waals surface area (Å²) in [5, 5.41) is 1.18. The van der Waals surface area contributed by atoms with Gasteiger partial charge in [0.25, 0.3) is 0 Å². The molecule has 0 saturated heterocycles. The number of halogens is 1. The average Bonchev–Trinajstić information content (AvgIpc) is 2.03. The molecule has 0 aliphatic carbocycles. The summed E-state index contributed by atoms with van der Waals surface area (Å²) in [5.41, 5.74) is 0.